The van der Waals surface area contributed by atoms with E-state index in [9.17, 15) is 9.18 Å². The smallest absolute Gasteiger partial charge is 0.223 e. The van der Waals surface area contributed by atoms with Crippen LogP contribution in [-0.4, -0.2) is 53.4 Å². The first kappa shape index (κ1) is 25.2. The van der Waals surface area contributed by atoms with Gasteiger partial charge < -0.3 is 10.1 Å². The number of rotatable bonds is 6. The second-order valence-electron chi connectivity index (χ2n) is 11.2. The van der Waals surface area contributed by atoms with Crippen molar-refractivity contribution in [2.24, 2.45) is 17.8 Å². The molecule has 38 heavy (non-hydrogen) atoms. The third kappa shape index (κ3) is 5.00. The molecule has 2 aromatic carbocycles. The maximum Gasteiger partial charge on any atom is 0.223 e. The van der Waals surface area contributed by atoms with Crippen molar-refractivity contribution in [1.29, 1.82) is 0 Å². The van der Waals surface area contributed by atoms with Crippen molar-refractivity contribution in [3.8, 4) is 5.75 Å². The predicted molar refractivity (Wildman–Crippen MR) is 139 cm³/mol. The molecule has 10 heteroatoms. The van der Waals surface area contributed by atoms with Crippen molar-refractivity contribution in [2.75, 3.05) is 20.2 Å². The molecule has 1 amide bonds. The molecule has 0 radical (unpaired) electrons. The van der Waals surface area contributed by atoms with Gasteiger partial charge in [0.1, 0.15) is 22.6 Å². The highest BCUT2D eigenvalue weighted by Gasteiger charge is 2.43. The Kier molecular flexibility index (Phi) is 7.03. The van der Waals surface area contributed by atoms with Gasteiger partial charge in [-0.1, -0.05) is 19.1 Å². The van der Waals surface area contributed by atoms with Gasteiger partial charge in [0.25, 0.3) is 0 Å². The van der Waals surface area contributed by atoms with Crippen LogP contribution in [0.15, 0.2) is 41.0 Å². The SMILES string of the molecule is COc1cccc(F)c1CN1C[C@@H](C)C[C@@H](NC(=O)C2CCC3NNC(c4ccc5nonc5c4)C3C2)C1. The minimum atomic E-state index is -0.257. The first-order valence-corrected chi connectivity index (χ1v) is 13.6. The summed E-state index contributed by atoms with van der Waals surface area (Å²) in [7, 11) is 1.57. The monoisotopic (exact) mass is 522 g/mol. The molecule has 202 valence electrons. The molecular formula is C28H35FN6O3. The van der Waals surface area contributed by atoms with Crippen molar-refractivity contribution in [1.82, 2.24) is 31.4 Å². The molecule has 6 atom stereocenters. The van der Waals surface area contributed by atoms with Crippen LogP contribution in [0.1, 0.15) is 49.8 Å². The van der Waals surface area contributed by atoms with E-state index < -0.39 is 0 Å². The van der Waals surface area contributed by atoms with Gasteiger partial charge in [-0.3, -0.25) is 15.1 Å². The lowest BCUT2D eigenvalue weighted by Crippen LogP contribution is -2.52. The number of halogens is 1. The fraction of sp³-hybridized carbons (Fsp3) is 0.536. The van der Waals surface area contributed by atoms with Gasteiger partial charge in [-0.2, -0.15) is 0 Å². The van der Waals surface area contributed by atoms with E-state index in [1.54, 1.807) is 19.2 Å². The molecule has 0 bridgehead atoms. The van der Waals surface area contributed by atoms with E-state index in [1.165, 1.54) is 6.07 Å². The highest BCUT2D eigenvalue weighted by Crippen LogP contribution is 2.41. The predicted octanol–water partition coefficient (Wildman–Crippen LogP) is 3.33. The number of hydrazine groups is 1. The molecule has 3 N–H and O–H groups in total. The third-order valence-corrected chi connectivity index (χ3v) is 8.52. The average Bonchev–Trinajstić information content (AvgIpc) is 3.55. The summed E-state index contributed by atoms with van der Waals surface area (Å²) in [6.07, 6.45) is 3.54. The number of nitrogens with one attached hydrogen (secondary N) is 3. The number of aromatic nitrogens is 2. The number of likely N-dealkylation sites (tertiary alicyclic amines) is 1. The van der Waals surface area contributed by atoms with E-state index in [-0.39, 0.29) is 29.7 Å². The fourth-order valence-corrected chi connectivity index (χ4v) is 6.74. The van der Waals surface area contributed by atoms with Crippen molar-refractivity contribution >= 4 is 16.9 Å². The second kappa shape index (κ2) is 10.6. The number of amides is 1. The fourth-order valence-electron chi connectivity index (χ4n) is 6.74. The molecule has 3 aromatic rings. The summed E-state index contributed by atoms with van der Waals surface area (Å²) in [6, 6.07) is 11.4. The number of nitrogens with zero attached hydrogens (tertiary/aromatic N) is 3. The molecule has 3 heterocycles. The maximum atomic E-state index is 14.6. The van der Waals surface area contributed by atoms with Crippen molar-refractivity contribution in [3.63, 3.8) is 0 Å². The lowest BCUT2D eigenvalue weighted by atomic mass is 9.74. The highest BCUT2D eigenvalue weighted by molar-refractivity contribution is 5.79. The standard InChI is InChI=1S/C28H35FN6O3/c1-16-10-19(14-35(13-16)15-21-22(29)4-3-5-26(21)37-2)30-28(36)18-7-8-23-20(11-18)27(32-31-23)17-6-9-24-25(12-17)34-38-33-24/h3-6,9,12,16,18-20,23,27,31-32H,7-8,10-11,13-15H2,1-2H3,(H,30,36)/t16-,18?,19+,20?,23?,27?/m0/s1. The Labute approximate surface area is 221 Å². The van der Waals surface area contributed by atoms with Gasteiger partial charge in [-0.25, -0.2) is 14.4 Å². The normalized spacial score (nSPS) is 29.8. The number of fused-ring (bicyclic) bond motifs is 2. The summed E-state index contributed by atoms with van der Waals surface area (Å²) >= 11 is 0. The van der Waals surface area contributed by atoms with Crippen LogP contribution in [0.5, 0.6) is 5.75 Å². The van der Waals surface area contributed by atoms with Crippen LogP contribution in [0, 0.1) is 23.6 Å². The number of benzene rings is 2. The van der Waals surface area contributed by atoms with Crippen molar-refractivity contribution in [3.05, 3.63) is 53.3 Å². The molecule has 6 rings (SSSR count). The highest BCUT2D eigenvalue weighted by atomic mass is 19.1. The summed E-state index contributed by atoms with van der Waals surface area (Å²) in [5.74, 6) is 1.10. The quantitative estimate of drug-likeness (QED) is 0.453. The Morgan fingerprint density at radius 3 is 2.89 bits per heavy atom. The van der Waals surface area contributed by atoms with E-state index in [4.69, 9.17) is 9.37 Å². The summed E-state index contributed by atoms with van der Waals surface area (Å²) < 4.78 is 24.8. The minimum absolute atomic E-state index is 0.0322. The largest absolute Gasteiger partial charge is 0.496 e. The number of carbonyl (C=O) groups excluding carboxylic acids is 1. The van der Waals surface area contributed by atoms with Crippen LogP contribution < -0.4 is 20.9 Å². The van der Waals surface area contributed by atoms with E-state index in [0.717, 1.165) is 48.8 Å². The zero-order chi connectivity index (χ0) is 26.2. The van der Waals surface area contributed by atoms with Crippen LogP contribution >= 0.6 is 0 Å². The Hall–Kier alpha value is -3.08. The molecular weight excluding hydrogens is 487 g/mol. The maximum absolute atomic E-state index is 14.6. The van der Waals surface area contributed by atoms with Gasteiger partial charge in [-0.15, -0.1) is 0 Å². The molecule has 1 aromatic heterocycles. The van der Waals surface area contributed by atoms with Gasteiger partial charge in [0.2, 0.25) is 5.91 Å². The van der Waals surface area contributed by atoms with Crippen LogP contribution in [0.25, 0.3) is 11.0 Å². The summed E-state index contributed by atoms with van der Waals surface area (Å²) in [4.78, 5) is 15.7. The van der Waals surface area contributed by atoms with E-state index in [1.807, 2.05) is 12.1 Å². The van der Waals surface area contributed by atoms with Crippen LogP contribution in [-0.2, 0) is 11.3 Å². The lowest BCUT2D eigenvalue weighted by Gasteiger charge is -2.38. The van der Waals surface area contributed by atoms with Crippen molar-refractivity contribution < 1.29 is 18.6 Å². The number of piperidine rings is 1. The van der Waals surface area contributed by atoms with E-state index in [0.29, 0.717) is 42.3 Å². The number of ether oxygens (including phenoxy) is 1. The van der Waals surface area contributed by atoms with Crippen LogP contribution in [0.3, 0.4) is 0 Å². The van der Waals surface area contributed by atoms with Crippen molar-refractivity contribution in [2.45, 2.75) is 57.3 Å². The van der Waals surface area contributed by atoms with Gasteiger partial charge in [0.15, 0.2) is 0 Å². The number of hydrogen-bond acceptors (Lipinski definition) is 8. The number of hydrogen-bond donors (Lipinski definition) is 3. The Morgan fingerprint density at radius 2 is 2.03 bits per heavy atom. The van der Waals surface area contributed by atoms with Crippen LogP contribution in [0.4, 0.5) is 4.39 Å². The molecule has 4 unspecified atom stereocenters. The topological polar surface area (TPSA) is 105 Å². The Bertz CT molecular complexity index is 1300. The molecule has 1 saturated carbocycles. The van der Waals surface area contributed by atoms with Gasteiger partial charge in [0.05, 0.1) is 13.2 Å². The van der Waals surface area contributed by atoms with Crippen LogP contribution in [0.2, 0.25) is 0 Å². The second-order valence-corrected chi connectivity index (χ2v) is 11.2. The zero-order valence-electron chi connectivity index (χ0n) is 21.8. The Morgan fingerprint density at radius 1 is 1.16 bits per heavy atom. The molecule has 0 spiro atoms. The first-order valence-electron chi connectivity index (χ1n) is 13.6. The third-order valence-electron chi connectivity index (χ3n) is 8.52. The average molecular weight is 523 g/mol. The zero-order valence-corrected chi connectivity index (χ0v) is 21.8. The molecule has 2 aliphatic heterocycles. The molecule has 2 saturated heterocycles. The van der Waals surface area contributed by atoms with E-state index in [2.05, 4.69) is 44.4 Å². The molecule has 9 nitrogen and oxygen atoms in total. The first-order chi connectivity index (χ1) is 18.5. The van der Waals surface area contributed by atoms with Gasteiger partial charge in [0, 0.05) is 43.2 Å². The van der Waals surface area contributed by atoms with E-state index >= 15 is 0 Å². The molecule has 3 fully saturated rings. The number of carbonyl (C=O) groups is 1. The van der Waals surface area contributed by atoms with Gasteiger partial charge in [-0.05, 0) is 77.7 Å². The summed E-state index contributed by atoms with van der Waals surface area (Å²) in [6.45, 7) is 4.21. The summed E-state index contributed by atoms with van der Waals surface area (Å²) in [5.41, 5.74) is 10.1. The molecule has 1 aliphatic carbocycles. The summed E-state index contributed by atoms with van der Waals surface area (Å²) in [5, 5.41) is 11.2. The lowest BCUT2D eigenvalue weighted by molar-refractivity contribution is -0.127. The van der Waals surface area contributed by atoms with Gasteiger partial charge >= 0.3 is 0 Å². The minimum Gasteiger partial charge on any atom is -0.496 e. The number of methoxy groups -OCH3 is 1. The molecule has 3 aliphatic rings. The Balaban J connectivity index is 1.10.